The third kappa shape index (κ3) is 2.96. The van der Waals surface area contributed by atoms with Crippen LogP contribution in [0.4, 0.5) is 0 Å². The number of para-hydroxylation sites is 2. The Bertz CT molecular complexity index is 1490. The SMILES string of the molecule is COn1cc(Cc2c(C[C@@]3(O)C(=O)O[C@H]4[C@@H](O)CO[C@@]43O)c3ccccc3n2OC)c2ccccc21. The van der Waals surface area contributed by atoms with E-state index >= 15 is 0 Å². The van der Waals surface area contributed by atoms with Gasteiger partial charge in [0.1, 0.15) is 20.3 Å². The molecule has 0 unspecified atom stereocenters. The maximum atomic E-state index is 12.9. The lowest BCUT2D eigenvalue weighted by molar-refractivity contribution is -0.262. The Labute approximate surface area is 205 Å². The summed E-state index contributed by atoms with van der Waals surface area (Å²) in [7, 11) is 3.12. The molecule has 0 saturated carbocycles. The average Bonchev–Trinajstić information content (AvgIpc) is 3.55. The molecule has 0 spiro atoms. The zero-order valence-corrected chi connectivity index (χ0v) is 19.7. The summed E-state index contributed by atoms with van der Waals surface area (Å²) in [4.78, 5) is 24.1. The number of ether oxygens (including phenoxy) is 2. The minimum absolute atomic E-state index is 0.264. The molecule has 2 aliphatic rings. The van der Waals surface area contributed by atoms with Crippen molar-refractivity contribution in [3.8, 4) is 0 Å². The van der Waals surface area contributed by atoms with E-state index in [-0.39, 0.29) is 13.0 Å². The molecule has 0 amide bonds. The highest BCUT2D eigenvalue weighted by Crippen LogP contribution is 2.46. The molecule has 0 bridgehead atoms. The van der Waals surface area contributed by atoms with Crippen LogP contribution in [-0.4, -0.2) is 75.2 Å². The van der Waals surface area contributed by atoms with Gasteiger partial charge in [-0.25, -0.2) is 4.79 Å². The van der Waals surface area contributed by atoms with Crippen LogP contribution in [0.1, 0.15) is 16.8 Å². The lowest BCUT2D eigenvalue weighted by Crippen LogP contribution is -2.59. The summed E-state index contributed by atoms with van der Waals surface area (Å²) in [5.41, 5.74) is 1.36. The fourth-order valence-corrected chi connectivity index (χ4v) is 5.57. The van der Waals surface area contributed by atoms with E-state index in [1.807, 2.05) is 54.7 Å². The molecule has 10 heteroatoms. The summed E-state index contributed by atoms with van der Waals surface area (Å²) in [5, 5.41) is 34.6. The number of carbonyl (C=O) groups excluding carboxylic acids is 1. The Morgan fingerprint density at radius 2 is 1.72 bits per heavy atom. The van der Waals surface area contributed by atoms with Crippen LogP contribution in [0.2, 0.25) is 0 Å². The first-order valence-electron chi connectivity index (χ1n) is 11.6. The van der Waals surface area contributed by atoms with Crippen molar-refractivity contribution in [2.24, 2.45) is 0 Å². The molecule has 4 atom stereocenters. The summed E-state index contributed by atoms with van der Waals surface area (Å²) in [6, 6.07) is 15.2. The number of rotatable bonds is 6. The summed E-state index contributed by atoms with van der Waals surface area (Å²) in [6.07, 6.45) is -0.696. The van der Waals surface area contributed by atoms with Crippen LogP contribution in [0.15, 0.2) is 54.7 Å². The van der Waals surface area contributed by atoms with Gasteiger partial charge in [0.15, 0.2) is 6.10 Å². The van der Waals surface area contributed by atoms with Crippen LogP contribution in [0.25, 0.3) is 21.8 Å². The fraction of sp³-hybridized carbons (Fsp3) is 0.346. The molecule has 2 aliphatic heterocycles. The van der Waals surface area contributed by atoms with Crippen LogP contribution in [0.3, 0.4) is 0 Å². The molecule has 10 nitrogen and oxygen atoms in total. The van der Waals surface area contributed by atoms with Crippen molar-refractivity contribution >= 4 is 27.8 Å². The number of aliphatic hydroxyl groups excluding tert-OH is 1. The second kappa shape index (κ2) is 7.97. The number of esters is 1. The van der Waals surface area contributed by atoms with Crippen LogP contribution < -0.4 is 9.68 Å². The van der Waals surface area contributed by atoms with Crippen molar-refractivity contribution < 1.29 is 39.3 Å². The van der Waals surface area contributed by atoms with Crippen molar-refractivity contribution in [2.75, 3.05) is 20.8 Å². The van der Waals surface area contributed by atoms with Gasteiger partial charge in [0.2, 0.25) is 11.4 Å². The van der Waals surface area contributed by atoms with E-state index in [1.165, 1.54) is 7.11 Å². The van der Waals surface area contributed by atoms with Gasteiger partial charge in [0, 0.05) is 29.8 Å². The second-order valence-electron chi connectivity index (χ2n) is 9.21. The van der Waals surface area contributed by atoms with E-state index < -0.39 is 29.6 Å². The molecule has 0 radical (unpaired) electrons. The minimum Gasteiger partial charge on any atom is -0.451 e. The van der Waals surface area contributed by atoms with Gasteiger partial charge in [-0.1, -0.05) is 36.4 Å². The number of carbonyl (C=O) groups is 1. The van der Waals surface area contributed by atoms with Gasteiger partial charge in [0.25, 0.3) is 0 Å². The van der Waals surface area contributed by atoms with Gasteiger partial charge < -0.3 is 34.5 Å². The predicted molar refractivity (Wildman–Crippen MR) is 127 cm³/mol. The van der Waals surface area contributed by atoms with Crippen LogP contribution in [0.5, 0.6) is 0 Å². The molecule has 4 heterocycles. The number of benzene rings is 2. The van der Waals surface area contributed by atoms with Gasteiger partial charge in [-0.3, -0.25) is 0 Å². The van der Waals surface area contributed by atoms with E-state index in [0.717, 1.165) is 27.4 Å². The molecule has 0 aliphatic carbocycles. The first-order chi connectivity index (χ1) is 17.3. The highest BCUT2D eigenvalue weighted by atomic mass is 16.7. The van der Waals surface area contributed by atoms with Gasteiger partial charge in [-0.15, -0.1) is 0 Å². The molecule has 188 valence electrons. The maximum Gasteiger partial charge on any atom is 0.344 e. The summed E-state index contributed by atoms with van der Waals surface area (Å²) >= 11 is 0. The average molecular weight is 495 g/mol. The Morgan fingerprint density at radius 3 is 2.44 bits per heavy atom. The van der Waals surface area contributed by atoms with E-state index in [1.54, 1.807) is 16.6 Å². The number of aromatic nitrogens is 2. The number of aliphatic hydroxyl groups is 3. The Hall–Kier alpha value is -3.57. The van der Waals surface area contributed by atoms with Crippen LogP contribution in [-0.2, 0) is 27.1 Å². The molecule has 2 fully saturated rings. The lowest BCUT2D eigenvalue weighted by Gasteiger charge is -2.32. The number of hydrogen-bond donors (Lipinski definition) is 3. The molecule has 2 aromatic carbocycles. The van der Waals surface area contributed by atoms with E-state index in [0.29, 0.717) is 17.7 Å². The third-order valence-electron chi connectivity index (χ3n) is 7.35. The normalized spacial score (nSPS) is 27.5. The maximum absolute atomic E-state index is 12.9. The Kier molecular flexibility index (Phi) is 5.06. The molecule has 2 aromatic heterocycles. The van der Waals surface area contributed by atoms with Crippen molar-refractivity contribution in [1.29, 1.82) is 0 Å². The zero-order valence-electron chi connectivity index (χ0n) is 19.7. The van der Waals surface area contributed by atoms with Crippen LogP contribution in [0, 0.1) is 0 Å². The summed E-state index contributed by atoms with van der Waals surface area (Å²) < 4.78 is 13.9. The van der Waals surface area contributed by atoms with Gasteiger partial charge in [-0.05, 0) is 23.3 Å². The molecule has 36 heavy (non-hydrogen) atoms. The smallest absolute Gasteiger partial charge is 0.344 e. The van der Waals surface area contributed by atoms with Crippen molar-refractivity contribution in [3.63, 3.8) is 0 Å². The highest BCUT2D eigenvalue weighted by molar-refractivity contribution is 5.90. The largest absolute Gasteiger partial charge is 0.451 e. The first kappa shape index (κ1) is 22.9. The predicted octanol–water partition coefficient (Wildman–Crippen LogP) is 0.582. The van der Waals surface area contributed by atoms with Gasteiger partial charge in [-0.2, -0.15) is 9.46 Å². The molecule has 4 aromatic rings. The van der Waals surface area contributed by atoms with E-state index in [9.17, 15) is 20.1 Å². The lowest BCUT2D eigenvalue weighted by atomic mass is 9.84. The number of fused-ring (bicyclic) bond motifs is 3. The standard InChI is InChI=1S/C26H26N2O8/c1-33-27-13-15(16-7-3-5-9-19(16)27)11-21-18(17-8-4-6-10-20(17)28(21)34-2)12-25(31)24(30)36-23-22(29)14-35-26(23,25)32/h3-10,13,22-23,29,31-32H,11-12,14H2,1-2H3/t22-,23-,25+,26-/m0/s1. The molecule has 2 saturated heterocycles. The molecular formula is C26H26N2O8. The Morgan fingerprint density at radius 1 is 1.03 bits per heavy atom. The van der Waals surface area contributed by atoms with E-state index in [4.69, 9.17) is 19.1 Å². The monoisotopic (exact) mass is 494 g/mol. The number of nitrogens with zero attached hydrogens (tertiary/aromatic N) is 2. The molecular weight excluding hydrogens is 468 g/mol. The van der Waals surface area contributed by atoms with Crippen molar-refractivity contribution in [3.05, 3.63) is 71.5 Å². The quantitative estimate of drug-likeness (QED) is 0.333. The fourth-order valence-electron chi connectivity index (χ4n) is 5.57. The summed E-state index contributed by atoms with van der Waals surface area (Å²) in [5.74, 6) is -3.44. The first-order valence-corrected chi connectivity index (χ1v) is 11.6. The molecule has 6 rings (SSSR count). The zero-order chi connectivity index (χ0) is 25.2. The number of hydrogen-bond acceptors (Lipinski definition) is 8. The van der Waals surface area contributed by atoms with Crippen molar-refractivity contribution in [1.82, 2.24) is 9.46 Å². The topological polar surface area (TPSA) is 125 Å². The summed E-state index contributed by atoms with van der Waals surface area (Å²) in [6.45, 7) is -0.264. The molecule has 3 N–H and O–H groups in total. The van der Waals surface area contributed by atoms with Gasteiger partial charge >= 0.3 is 5.97 Å². The van der Waals surface area contributed by atoms with E-state index in [2.05, 4.69) is 0 Å². The highest BCUT2D eigenvalue weighted by Gasteiger charge is 2.73. The Balaban J connectivity index is 1.52. The second-order valence-corrected chi connectivity index (χ2v) is 9.21. The van der Waals surface area contributed by atoms with Gasteiger partial charge in [0.05, 0.1) is 23.3 Å². The van der Waals surface area contributed by atoms with Crippen LogP contribution >= 0.6 is 0 Å². The third-order valence-corrected chi connectivity index (χ3v) is 7.35. The van der Waals surface area contributed by atoms with Crippen molar-refractivity contribution in [2.45, 2.75) is 36.4 Å². The minimum atomic E-state index is -2.44.